The van der Waals surface area contributed by atoms with Crippen molar-refractivity contribution in [1.29, 1.82) is 0 Å². The van der Waals surface area contributed by atoms with Crippen LogP contribution in [0.2, 0.25) is 10.1 Å². The van der Waals surface area contributed by atoms with Crippen LogP contribution in [0.5, 0.6) is 0 Å². The molecule has 8 rings (SSSR count). The Bertz CT molecular complexity index is 2130. The van der Waals surface area contributed by atoms with Crippen LogP contribution < -0.4 is 20.7 Å². The summed E-state index contributed by atoms with van der Waals surface area (Å²) in [6.45, 7) is 14.2. The van der Waals surface area contributed by atoms with Gasteiger partial charge in [0.15, 0.2) is 0 Å². The summed E-state index contributed by atoms with van der Waals surface area (Å²) < 4.78 is 18.4. The van der Waals surface area contributed by atoms with Crippen LogP contribution in [-0.4, -0.2) is 46.4 Å². The van der Waals surface area contributed by atoms with Crippen LogP contribution in [0.4, 0.5) is 0 Å². The van der Waals surface area contributed by atoms with Crippen molar-refractivity contribution < 1.29 is 8.85 Å². The monoisotopic (exact) mass is 994 g/mol. The van der Waals surface area contributed by atoms with Gasteiger partial charge in [-0.3, -0.25) is 0 Å². The van der Waals surface area contributed by atoms with Crippen molar-refractivity contribution in [2.45, 2.75) is 134 Å². The minimum atomic E-state index is -2.45. The van der Waals surface area contributed by atoms with E-state index < -0.39 is 16.6 Å². The first kappa shape index (κ1) is 51.2. The standard InChI is InChI=1S/C25H30BrNOSSi.C25H31NOSSi.CH4.BHNS/c1-25(2,3)30(21-10-6-4-7-11-21,22-12-8-5-9-13-22)28-20-16-14-19(15-17-20)24-27-18-23(26)29-24;1-25(2,3)29(22-10-6-4-7-11-22,23-12-8-5-9-13-23)27-21-16-14-20(15-17-21)24-26-18-19-28-24;;1-2-3/h4-13,18-20H,14-17H2,1-3H3;4-13,18-21H,14-17H2,1-3H3;1H4;3H. The van der Waals surface area contributed by atoms with E-state index in [1.54, 1.807) is 22.7 Å². The molecule has 2 aliphatic rings. The van der Waals surface area contributed by atoms with Gasteiger partial charge in [-0.25, -0.2) is 9.97 Å². The van der Waals surface area contributed by atoms with Gasteiger partial charge in [0.05, 0.1) is 20.0 Å². The number of halogens is 1. The van der Waals surface area contributed by atoms with Crippen molar-refractivity contribution in [3.63, 3.8) is 0 Å². The van der Waals surface area contributed by atoms with Crippen LogP contribution in [0.25, 0.3) is 0 Å². The van der Waals surface area contributed by atoms with Gasteiger partial charge in [-0.15, -0.1) is 22.7 Å². The molecule has 63 heavy (non-hydrogen) atoms. The van der Waals surface area contributed by atoms with E-state index in [-0.39, 0.29) is 17.5 Å². The third-order valence-electron chi connectivity index (χ3n) is 12.5. The van der Waals surface area contributed by atoms with Gasteiger partial charge in [0.25, 0.3) is 16.6 Å². The molecule has 0 saturated heterocycles. The first-order valence-electron chi connectivity index (χ1n) is 21.9. The maximum absolute atomic E-state index is 7.32. The van der Waals surface area contributed by atoms with Gasteiger partial charge in [0.1, 0.15) is 0 Å². The molecule has 4 aromatic carbocycles. The van der Waals surface area contributed by atoms with Crippen LogP contribution in [-0.2, 0) is 8.85 Å². The molecule has 0 bridgehead atoms. The summed E-state index contributed by atoms with van der Waals surface area (Å²) in [6.07, 6.45) is 13.6. The molecule has 0 amide bonds. The predicted octanol–water partition coefficient (Wildman–Crippen LogP) is 13.1. The molecule has 0 N–H and O–H groups in total. The van der Waals surface area contributed by atoms with E-state index >= 15 is 0 Å². The third kappa shape index (κ3) is 12.4. The molecule has 12 heteroatoms. The fraction of sp³-hybridized carbons (Fsp3) is 0.412. The van der Waals surface area contributed by atoms with E-state index in [2.05, 4.69) is 219 Å². The Morgan fingerprint density at radius 3 is 1.19 bits per heavy atom. The van der Waals surface area contributed by atoms with Crippen molar-refractivity contribution in [3.05, 3.63) is 153 Å². The normalized spacial score (nSPS) is 19.3. The van der Waals surface area contributed by atoms with Crippen molar-refractivity contribution in [2.24, 2.45) is 4.30 Å². The predicted molar refractivity (Wildman–Crippen MR) is 283 cm³/mol. The Balaban J connectivity index is 0.000000220. The quantitative estimate of drug-likeness (QED) is 0.110. The number of hydrogen-bond acceptors (Lipinski definition) is 8. The van der Waals surface area contributed by atoms with Crippen LogP contribution >= 0.6 is 51.4 Å². The number of aromatic nitrogens is 2. The molecule has 2 saturated carbocycles. The summed E-state index contributed by atoms with van der Waals surface area (Å²) in [5.41, 5.74) is 0. The van der Waals surface area contributed by atoms with E-state index in [1.807, 2.05) is 12.4 Å². The molecular formula is C51H66BBrN3O2S3Si2. The summed E-state index contributed by atoms with van der Waals surface area (Å²) >= 11 is 10.3. The Morgan fingerprint density at radius 1 is 0.587 bits per heavy atom. The first-order chi connectivity index (χ1) is 29.8. The number of rotatable bonds is 10. The number of thiazole rings is 2. The molecule has 333 valence electrons. The van der Waals surface area contributed by atoms with Crippen LogP contribution in [0.3, 0.4) is 0 Å². The van der Waals surface area contributed by atoms with Gasteiger partial charge in [-0.05, 0) is 98.1 Å². The zero-order valence-corrected chi connectivity index (χ0v) is 43.2. The number of benzene rings is 4. The third-order valence-corrected chi connectivity index (χ3v) is 25.3. The summed E-state index contributed by atoms with van der Waals surface area (Å²) in [7, 11) is -0.556. The van der Waals surface area contributed by atoms with E-state index in [0.717, 1.165) is 42.3 Å². The molecule has 5 nitrogen and oxygen atoms in total. The topological polar surface area (TPSA) is 56.6 Å². The maximum atomic E-state index is 7.32. The zero-order chi connectivity index (χ0) is 44.2. The molecular weight excluding hydrogens is 930 g/mol. The van der Waals surface area contributed by atoms with E-state index in [9.17, 15) is 0 Å². The number of thiol groups is 1. The second kappa shape index (κ2) is 23.6. The average molecular weight is 996 g/mol. The summed E-state index contributed by atoms with van der Waals surface area (Å²) in [5.74, 6) is 1.18. The molecule has 0 unspecified atom stereocenters. The van der Waals surface area contributed by atoms with Gasteiger partial charge in [-0.2, -0.15) is 0 Å². The number of nitrogens with zero attached hydrogens (tertiary/aromatic N) is 3. The zero-order valence-electron chi connectivity index (χ0n) is 37.1. The molecule has 2 aromatic heterocycles. The fourth-order valence-electron chi connectivity index (χ4n) is 9.63. The SMILES string of the molecule is C.CC(C)(C)[Si](OC1CCC(c2ncc(Br)s2)CC1)(c1ccccc1)c1ccccc1.CC(C)(C)[Si](OC1CCC(c2nccs2)CC1)(c1ccccc1)c1ccccc1.[B]=NS. The van der Waals surface area contributed by atoms with Gasteiger partial charge >= 0.3 is 24.8 Å². The molecule has 0 aliphatic heterocycles. The van der Waals surface area contributed by atoms with Crippen molar-refractivity contribution in [3.8, 4) is 0 Å². The van der Waals surface area contributed by atoms with Gasteiger partial charge in [-0.1, -0.05) is 170 Å². The van der Waals surface area contributed by atoms with Crippen molar-refractivity contribution in [1.82, 2.24) is 9.97 Å². The van der Waals surface area contributed by atoms with Crippen molar-refractivity contribution in [2.75, 3.05) is 0 Å². The second-order valence-corrected chi connectivity index (χ2v) is 30.6. The molecule has 1 radical (unpaired) electrons. The Kier molecular flexibility index (Phi) is 19.2. The van der Waals surface area contributed by atoms with Crippen molar-refractivity contribution >= 4 is 96.4 Å². The van der Waals surface area contributed by atoms with E-state index in [4.69, 9.17) is 8.85 Å². The molecule has 0 spiro atoms. The average Bonchev–Trinajstić information content (AvgIpc) is 3.99. The summed E-state index contributed by atoms with van der Waals surface area (Å²) in [6, 6.07) is 44.0. The number of hydrogen-bond donors (Lipinski definition) is 1. The van der Waals surface area contributed by atoms with Crippen LogP contribution in [0.1, 0.15) is 122 Å². The molecule has 6 aromatic rings. The second-order valence-electron chi connectivity index (χ2n) is 18.5. The molecule has 2 aliphatic carbocycles. The summed E-state index contributed by atoms with van der Waals surface area (Å²) in [5, 5.41) is 10.2. The van der Waals surface area contributed by atoms with E-state index in [0.29, 0.717) is 24.0 Å². The minimum absolute atomic E-state index is 0. The Morgan fingerprint density at radius 2 is 0.921 bits per heavy atom. The fourth-order valence-corrected chi connectivity index (χ4v) is 21.4. The van der Waals surface area contributed by atoms with Gasteiger partial charge in [0, 0.05) is 35.6 Å². The Hall–Kier alpha value is -2.81. The molecule has 0 atom stereocenters. The van der Waals surface area contributed by atoms with E-state index in [1.165, 1.54) is 43.6 Å². The van der Waals surface area contributed by atoms with Gasteiger partial charge in [0.2, 0.25) is 0 Å². The van der Waals surface area contributed by atoms with Gasteiger partial charge < -0.3 is 8.85 Å². The Labute approximate surface area is 404 Å². The molecule has 2 heterocycles. The van der Waals surface area contributed by atoms with Crippen LogP contribution in [0, 0.1) is 0 Å². The first-order valence-corrected chi connectivity index (χ1v) is 28.7. The van der Waals surface area contributed by atoms with Crippen LogP contribution in [0.15, 0.2) is 147 Å². The summed E-state index contributed by atoms with van der Waals surface area (Å²) in [4.78, 5) is 9.17. The molecule has 2 fully saturated rings.